The molecule has 6 nitrogen and oxygen atoms in total. The maximum absolute atomic E-state index is 11.5. The number of hydrogen-bond acceptors (Lipinski definition) is 5. The van der Waals surface area contributed by atoms with Gasteiger partial charge in [0.15, 0.2) is 0 Å². The summed E-state index contributed by atoms with van der Waals surface area (Å²) in [6.45, 7) is 3.12. The van der Waals surface area contributed by atoms with Crippen LogP contribution < -0.4 is 5.48 Å². The Balaban J connectivity index is 1.51. The number of fused-ring (bicyclic) bond motifs is 1. The van der Waals surface area contributed by atoms with Crippen LogP contribution >= 0.6 is 0 Å². The maximum atomic E-state index is 11.5. The zero-order valence-corrected chi connectivity index (χ0v) is 14.3. The minimum atomic E-state index is -0.491. The molecule has 0 unspecified atom stereocenters. The summed E-state index contributed by atoms with van der Waals surface area (Å²) in [6.07, 6.45) is 9.09. The lowest BCUT2D eigenvalue weighted by atomic mass is 9.65. The van der Waals surface area contributed by atoms with Crippen molar-refractivity contribution in [1.82, 2.24) is 20.3 Å². The van der Waals surface area contributed by atoms with Gasteiger partial charge in [-0.3, -0.25) is 24.8 Å². The molecule has 2 N–H and O–H groups in total. The third-order valence-electron chi connectivity index (χ3n) is 6.47. The van der Waals surface area contributed by atoms with Crippen LogP contribution in [0.5, 0.6) is 0 Å². The lowest BCUT2D eigenvalue weighted by Crippen LogP contribution is -2.69. The van der Waals surface area contributed by atoms with Crippen LogP contribution in [0.15, 0.2) is 12.3 Å². The second-order valence-corrected chi connectivity index (χ2v) is 7.53. The molecule has 0 aromatic carbocycles. The quantitative estimate of drug-likeness (QED) is 0.636. The van der Waals surface area contributed by atoms with Crippen LogP contribution in [-0.2, 0) is 13.0 Å². The molecule has 0 radical (unpaired) electrons. The first-order valence-electron chi connectivity index (χ1n) is 9.01. The van der Waals surface area contributed by atoms with Gasteiger partial charge < -0.3 is 0 Å². The predicted molar refractivity (Wildman–Crippen MR) is 89.8 cm³/mol. The number of aromatic nitrogens is 1. The van der Waals surface area contributed by atoms with E-state index < -0.39 is 5.91 Å². The molecule has 4 rings (SSSR count). The van der Waals surface area contributed by atoms with E-state index in [1.807, 2.05) is 6.07 Å². The van der Waals surface area contributed by atoms with E-state index >= 15 is 0 Å². The summed E-state index contributed by atoms with van der Waals surface area (Å²) in [4.78, 5) is 21.3. The van der Waals surface area contributed by atoms with Crippen molar-refractivity contribution in [2.24, 2.45) is 0 Å². The Morgan fingerprint density at radius 2 is 2.25 bits per heavy atom. The van der Waals surface area contributed by atoms with Crippen LogP contribution in [0.3, 0.4) is 0 Å². The first kappa shape index (κ1) is 16.0. The summed E-state index contributed by atoms with van der Waals surface area (Å²) in [5.41, 5.74) is 4.71. The van der Waals surface area contributed by atoms with Crippen molar-refractivity contribution >= 4 is 5.91 Å². The van der Waals surface area contributed by atoms with Crippen molar-refractivity contribution in [1.29, 1.82) is 0 Å². The number of piperidine rings is 1. The van der Waals surface area contributed by atoms with Gasteiger partial charge in [-0.15, -0.1) is 0 Å². The van der Waals surface area contributed by atoms with E-state index in [0.717, 1.165) is 30.8 Å². The number of amides is 1. The Kier molecular flexibility index (Phi) is 4.06. The molecule has 24 heavy (non-hydrogen) atoms. The molecular formula is C18H26N4O2. The van der Waals surface area contributed by atoms with Gasteiger partial charge in [0.1, 0.15) is 0 Å². The highest BCUT2D eigenvalue weighted by Gasteiger charge is 2.52. The van der Waals surface area contributed by atoms with Crippen LogP contribution in [0, 0.1) is 0 Å². The Hall–Kier alpha value is -1.50. The number of hydroxylamine groups is 1. The Morgan fingerprint density at radius 1 is 1.38 bits per heavy atom. The SMILES string of the molecule is CN1CCCC[C@@]12CC[C@@H]2N1CCc2cc(C(=O)NO)cnc2C1. The first-order valence-corrected chi connectivity index (χ1v) is 9.01. The Morgan fingerprint density at radius 3 is 2.96 bits per heavy atom. The number of pyridine rings is 1. The maximum Gasteiger partial charge on any atom is 0.276 e. The lowest BCUT2D eigenvalue weighted by Gasteiger charge is -2.61. The molecule has 3 heterocycles. The molecule has 3 aliphatic rings. The fraction of sp³-hybridized carbons (Fsp3) is 0.667. The van der Waals surface area contributed by atoms with Crippen LogP contribution in [0.25, 0.3) is 0 Å². The average Bonchev–Trinajstić information content (AvgIpc) is 2.60. The number of rotatable bonds is 2. The average molecular weight is 330 g/mol. The molecule has 1 aromatic heterocycles. The highest BCUT2D eigenvalue weighted by molar-refractivity contribution is 5.93. The molecule has 2 atom stereocenters. The molecule has 2 aliphatic heterocycles. The molecule has 1 spiro atoms. The van der Waals surface area contributed by atoms with Crippen LogP contribution in [0.2, 0.25) is 0 Å². The van der Waals surface area contributed by atoms with E-state index in [1.165, 1.54) is 38.6 Å². The summed E-state index contributed by atoms with van der Waals surface area (Å²) in [5.74, 6) is -0.491. The standard InChI is InChI=1S/C18H26N4O2/c1-21-8-3-2-6-18(21)7-4-16(18)22-9-5-13-10-14(17(23)20-24)11-19-15(13)12-22/h10-11,16,24H,2-9,12H2,1H3,(H,20,23)/t16-,18-/m0/s1. The summed E-state index contributed by atoms with van der Waals surface area (Å²) in [7, 11) is 2.29. The number of carbonyl (C=O) groups is 1. The van der Waals surface area contributed by atoms with Crippen molar-refractivity contribution in [3.8, 4) is 0 Å². The normalized spacial score (nSPS) is 30.7. The van der Waals surface area contributed by atoms with E-state index in [0.29, 0.717) is 17.1 Å². The van der Waals surface area contributed by atoms with Gasteiger partial charge in [-0.05, 0) is 57.3 Å². The monoisotopic (exact) mass is 330 g/mol. The number of likely N-dealkylation sites (tertiary alicyclic amines) is 1. The van der Waals surface area contributed by atoms with Gasteiger partial charge in [0.05, 0.1) is 11.3 Å². The second-order valence-electron chi connectivity index (χ2n) is 7.53. The van der Waals surface area contributed by atoms with Crippen molar-refractivity contribution in [3.63, 3.8) is 0 Å². The van der Waals surface area contributed by atoms with E-state index in [2.05, 4.69) is 21.8 Å². The van der Waals surface area contributed by atoms with E-state index in [-0.39, 0.29) is 0 Å². The van der Waals surface area contributed by atoms with Crippen molar-refractivity contribution in [3.05, 3.63) is 29.1 Å². The minimum Gasteiger partial charge on any atom is -0.299 e. The highest BCUT2D eigenvalue weighted by Crippen LogP contribution is 2.47. The Bertz CT molecular complexity index is 650. The number of hydrogen-bond donors (Lipinski definition) is 2. The number of nitrogens with zero attached hydrogens (tertiary/aromatic N) is 3. The van der Waals surface area contributed by atoms with E-state index in [4.69, 9.17) is 5.21 Å². The summed E-state index contributed by atoms with van der Waals surface area (Å²) < 4.78 is 0. The topological polar surface area (TPSA) is 68.7 Å². The zero-order chi connectivity index (χ0) is 16.7. The molecule has 1 saturated carbocycles. The van der Waals surface area contributed by atoms with Crippen molar-refractivity contribution in [2.45, 2.75) is 56.7 Å². The molecule has 1 amide bonds. The molecule has 0 bridgehead atoms. The smallest absolute Gasteiger partial charge is 0.276 e. The first-order chi connectivity index (χ1) is 11.6. The van der Waals surface area contributed by atoms with Crippen molar-refractivity contribution < 1.29 is 10.0 Å². The molecule has 6 heteroatoms. The zero-order valence-electron chi connectivity index (χ0n) is 14.3. The largest absolute Gasteiger partial charge is 0.299 e. The number of likely N-dealkylation sites (N-methyl/N-ethyl adjacent to an activating group) is 1. The summed E-state index contributed by atoms with van der Waals surface area (Å²) in [6, 6.07) is 2.51. The molecule has 2 fully saturated rings. The van der Waals surface area contributed by atoms with Gasteiger partial charge in [-0.2, -0.15) is 0 Å². The third-order valence-corrected chi connectivity index (χ3v) is 6.47. The van der Waals surface area contributed by atoms with Gasteiger partial charge >= 0.3 is 0 Å². The molecular weight excluding hydrogens is 304 g/mol. The molecule has 1 saturated heterocycles. The Labute approximate surface area is 142 Å². The highest BCUT2D eigenvalue weighted by atomic mass is 16.5. The molecule has 130 valence electrons. The van der Waals surface area contributed by atoms with Crippen LogP contribution in [-0.4, -0.2) is 57.6 Å². The van der Waals surface area contributed by atoms with Gasteiger partial charge in [0, 0.05) is 30.9 Å². The van der Waals surface area contributed by atoms with E-state index in [1.54, 1.807) is 11.7 Å². The van der Waals surface area contributed by atoms with Gasteiger partial charge in [-0.1, -0.05) is 6.42 Å². The van der Waals surface area contributed by atoms with E-state index in [9.17, 15) is 4.79 Å². The molecule has 1 aliphatic carbocycles. The van der Waals surface area contributed by atoms with Crippen LogP contribution in [0.4, 0.5) is 0 Å². The van der Waals surface area contributed by atoms with Crippen LogP contribution in [0.1, 0.15) is 53.7 Å². The lowest BCUT2D eigenvalue weighted by molar-refractivity contribution is -0.0883. The van der Waals surface area contributed by atoms with Gasteiger partial charge in [-0.25, -0.2) is 5.48 Å². The second kappa shape index (κ2) is 6.10. The third kappa shape index (κ3) is 2.44. The predicted octanol–water partition coefficient (Wildman–Crippen LogP) is 1.58. The fourth-order valence-corrected chi connectivity index (χ4v) is 4.95. The van der Waals surface area contributed by atoms with Crippen molar-refractivity contribution in [2.75, 3.05) is 20.1 Å². The fourth-order valence-electron chi connectivity index (χ4n) is 4.95. The number of carbonyl (C=O) groups excluding carboxylic acids is 1. The van der Waals surface area contributed by atoms with Gasteiger partial charge in [0.25, 0.3) is 5.91 Å². The number of nitrogens with one attached hydrogen (secondary N) is 1. The molecule has 1 aromatic rings. The summed E-state index contributed by atoms with van der Waals surface area (Å²) >= 11 is 0. The summed E-state index contributed by atoms with van der Waals surface area (Å²) in [5, 5.41) is 8.77. The minimum absolute atomic E-state index is 0.381. The van der Waals surface area contributed by atoms with Gasteiger partial charge in [0.2, 0.25) is 0 Å².